The molecular weight excluding hydrogens is 398 g/mol. The molecule has 0 amide bonds. The third kappa shape index (κ3) is 4.93. The standard InChI is InChI=1S/C21H24ClNO4S/c22-21-17-12-11-16(15-8-4-3-5-9-15)20(21)18(17)14-28(26,27)23-13-7-2-1-6-10-19(24)25/h3-5,8-9,11-12,18,23H,1-2,6-7,10,13-14H2,(H,24,25). The molecule has 2 bridgehead atoms. The molecule has 150 valence electrons. The number of carboxylic acid groups (broad SMARTS) is 1. The molecule has 0 aliphatic heterocycles. The van der Waals surface area contributed by atoms with E-state index in [9.17, 15) is 13.2 Å². The lowest BCUT2D eigenvalue weighted by Crippen LogP contribution is -2.33. The molecule has 2 aliphatic rings. The van der Waals surface area contributed by atoms with Crippen LogP contribution in [0.25, 0.3) is 11.1 Å². The molecule has 7 heteroatoms. The summed E-state index contributed by atoms with van der Waals surface area (Å²) in [6.45, 7) is 0.370. The van der Waals surface area contributed by atoms with Gasteiger partial charge in [0.1, 0.15) is 0 Å². The molecule has 0 fully saturated rings. The van der Waals surface area contributed by atoms with Crippen LogP contribution in [0.1, 0.15) is 49.1 Å². The molecule has 1 unspecified atom stereocenters. The summed E-state index contributed by atoms with van der Waals surface area (Å²) in [6, 6.07) is 13.7. The SMILES string of the molecule is O=C(O)CCCCCCNS(=O)(=O)CC1c2ccc(-c3ccccc3)c1c2Cl. The van der Waals surface area contributed by atoms with Crippen molar-refractivity contribution in [3.05, 3.63) is 58.6 Å². The summed E-state index contributed by atoms with van der Waals surface area (Å²) in [7, 11) is -3.42. The number of benzene rings is 2. The van der Waals surface area contributed by atoms with Gasteiger partial charge in [-0.1, -0.05) is 66.9 Å². The van der Waals surface area contributed by atoms with Crippen molar-refractivity contribution in [2.45, 2.75) is 38.0 Å². The van der Waals surface area contributed by atoms with Gasteiger partial charge in [-0.15, -0.1) is 0 Å². The highest BCUT2D eigenvalue weighted by atomic mass is 35.5. The van der Waals surface area contributed by atoms with Crippen molar-refractivity contribution in [3.63, 3.8) is 0 Å². The summed E-state index contributed by atoms with van der Waals surface area (Å²) in [5, 5.41) is 9.27. The summed E-state index contributed by atoms with van der Waals surface area (Å²) in [5.74, 6) is -0.994. The van der Waals surface area contributed by atoms with E-state index in [-0.39, 0.29) is 18.1 Å². The first-order valence-electron chi connectivity index (χ1n) is 9.46. The Hall–Kier alpha value is -1.89. The number of hydrogen-bond donors (Lipinski definition) is 2. The molecule has 2 aromatic carbocycles. The second kappa shape index (κ2) is 9.07. The predicted octanol–water partition coefficient (Wildman–Crippen LogP) is 4.41. The van der Waals surface area contributed by atoms with Crippen LogP contribution in [-0.4, -0.2) is 31.8 Å². The van der Waals surface area contributed by atoms with Crippen molar-refractivity contribution in [1.29, 1.82) is 0 Å². The first-order valence-corrected chi connectivity index (χ1v) is 11.5. The molecule has 0 saturated carbocycles. The summed E-state index contributed by atoms with van der Waals surface area (Å²) in [5.41, 5.74) is 3.81. The lowest BCUT2D eigenvalue weighted by molar-refractivity contribution is -0.137. The van der Waals surface area contributed by atoms with Gasteiger partial charge in [0.25, 0.3) is 0 Å². The van der Waals surface area contributed by atoms with Crippen LogP contribution in [0.3, 0.4) is 0 Å². The Balaban J connectivity index is 1.54. The molecule has 0 radical (unpaired) electrons. The first kappa shape index (κ1) is 20.8. The lowest BCUT2D eigenvalue weighted by Gasteiger charge is -2.33. The van der Waals surface area contributed by atoms with Crippen molar-refractivity contribution in [3.8, 4) is 11.1 Å². The predicted molar refractivity (Wildman–Crippen MR) is 111 cm³/mol. The molecule has 2 N–H and O–H groups in total. The summed E-state index contributed by atoms with van der Waals surface area (Å²) in [6.07, 6.45) is 3.08. The van der Waals surface area contributed by atoms with Crippen LogP contribution in [0.4, 0.5) is 0 Å². The van der Waals surface area contributed by atoms with Gasteiger partial charge < -0.3 is 5.11 Å². The van der Waals surface area contributed by atoms with E-state index in [1.165, 1.54) is 0 Å². The molecule has 5 nitrogen and oxygen atoms in total. The normalized spacial score (nSPS) is 15.2. The summed E-state index contributed by atoms with van der Waals surface area (Å²) >= 11 is 6.40. The highest BCUT2D eigenvalue weighted by Gasteiger charge is 2.36. The van der Waals surface area contributed by atoms with E-state index in [1.54, 1.807) is 0 Å². The van der Waals surface area contributed by atoms with Gasteiger partial charge in [0.05, 0.1) is 5.75 Å². The molecule has 2 aliphatic carbocycles. The third-order valence-electron chi connectivity index (χ3n) is 5.04. The number of nitrogens with one attached hydrogen (secondary N) is 1. The molecule has 1 atom stereocenters. The number of aliphatic carboxylic acids is 1. The van der Waals surface area contributed by atoms with Gasteiger partial charge in [0, 0.05) is 23.9 Å². The Labute approximate surface area is 170 Å². The van der Waals surface area contributed by atoms with Crippen LogP contribution < -0.4 is 4.72 Å². The van der Waals surface area contributed by atoms with Gasteiger partial charge in [-0.25, -0.2) is 13.1 Å². The van der Waals surface area contributed by atoms with Gasteiger partial charge in [-0.05, 0) is 35.1 Å². The van der Waals surface area contributed by atoms with E-state index in [4.69, 9.17) is 16.7 Å². The zero-order valence-corrected chi connectivity index (χ0v) is 17.1. The molecule has 28 heavy (non-hydrogen) atoms. The quantitative estimate of drug-likeness (QED) is 0.526. The van der Waals surface area contributed by atoms with Crippen molar-refractivity contribution in [2.24, 2.45) is 0 Å². The van der Waals surface area contributed by atoms with Crippen molar-refractivity contribution in [2.75, 3.05) is 12.3 Å². The Bertz CT molecular complexity index is 944. The third-order valence-corrected chi connectivity index (χ3v) is 6.88. The van der Waals surface area contributed by atoms with E-state index in [0.29, 0.717) is 24.4 Å². The Morgan fingerprint density at radius 1 is 1.04 bits per heavy atom. The van der Waals surface area contributed by atoms with Crippen molar-refractivity contribution < 1.29 is 18.3 Å². The zero-order valence-electron chi connectivity index (χ0n) is 15.5. The molecule has 0 heterocycles. The molecular formula is C21H24ClNO4S. The van der Waals surface area contributed by atoms with E-state index in [2.05, 4.69) is 4.72 Å². The Kier molecular flexibility index (Phi) is 6.75. The summed E-state index contributed by atoms with van der Waals surface area (Å²) < 4.78 is 27.6. The van der Waals surface area contributed by atoms with E-state index >= 15 is 0 Å². The monoisotopic (exact) mass is 421 g/mol. The minimum absolute atomic E-state index is 0.00637. The largest absolute Gasteiger partial charge is 0.481 e. The van der Waals surface area contributed by atoms with E-state index in [1.807, 2.05) is 42.5 Å². The summed E-state index contributed by atoms with van der Waals surface area (Å²) in [4.78, 5) is 10.5. The number of carboxylic acids is 1. The number of unbranched alkanes of at least 4 members (excludes halogenated alkanes) is 3. The Morgan fingerprint density at radius 3 is 2.43 bits per heavy atom. The first-order chi connectivity index (χ1) is 13.4. The van der Waals surface area contributed by atoms with Gasteiger partial charge in [-0.3, -0.25) is 4.79 Å². The van der Waals surface area contributed by atoms with Crippen molar-refractivity contribution in [1.82, 2.24) is 4.72 Å². The topological polar surface area (TPSA) is 83.5 Å². The fourth-order valence-corrected chi connectivity index (χ4v) is 5.39. The van der Waals surface area contributed by atoms with Crippen LogP contribution in [0.5, 0.6) is 0 Å². The number of sulfonamides is 1. The van der Waals surface area contributed by atoms with Crippen LogP contribution in [0.2, 0.25) is 5.02 Å². The van der Waals surface area contributed by atoms with E-state index < -0.39 is 16.0 Å². The number of hydrogen-bond acceptors (Lipinski definition) is 3. The zero-order chi connectivity index (χ0) is 20.1. The Morgan fingerprint density at radius 2 is 1.75 bits per heavy atom. The lowest BCUT2D eigenvalue weighted by atomic mass is 9.76. The maximum Gasteiger partial charge on any atom is 0.303 e. The minimum atomic E-state index is -3.42. The molecule has 2 aromatic rings. The maximum absolute atomic E-state index is 12.5. The smallest absolute Gasteiger partial charge is 0.303 e. The van der Waals surface area contributed by atoms with Crippen LogP contribution in [0.15, 0.2) is 42.5 Å². The fraction of sp³-hybridized carbons (Fsp3) is 0.381. The molecule has 0 saturated heterocycles. The second-order valence-electron chi connectivity index (χ2n) is 7.08. The molecule has 4 rings (SSSR count). The van der Waals surface area contributed by atoms with Gasteiger partial charge in [0.15, 0.2) is 0 Å². The number of halogens is 1. The van der Waals surface area contributed by atoms with E-state index in [0.717, 1.165) is 35.1 Å². The maximum atomic E-state index is 12.5. The van der Waals surface area contributed by atoms with Crippen molar-refractivity contribution >= 4 is 27.6 Å². The fourth-order valence-electron chi connectivity index (χ4n) is 3.60. The van der Waals surface area contributed by atoms with Gasteiger partial charge in [-0.2, -0.15) is 0 Å². The van der Waals surface area contributed by atoms with Crippen LogP contribution in [0, 0.1) is 0 Å². The van der Waals surface area contributed by atoms with Crippen LogP contribution in [-0.2, 0) is 14.8 Å². The average Bonchev–Trinajstić information content (AvgIpc) is 2.67. The highest BCUT2D eigenvalue weighted by Crippen LogP contribution is 2.50. The second-order valence-corrected chi connectivity index (χ2v) is 9.31. The molecule has 0 spiro atoms. The molecule has 0 aromatic heterocycles. The van der Waals surface area contributed by atoms with Gasteiger partial charge >= 0.3 is 5.97 Å². The number of fused-ring (bicyclic) bond motifs is 2. The van der Waals surface area contributed by atoms with Crippen LogP contribution >= 0.6 is 11.6 Å². The number of carbonyl (C=O) groups is 1. The minimum Gasteiger partial charge on any atom is -0.481 e. The highest BCUT2D eigenvalue weighted by molar-refractivity contribution is 7.89. The average molecular weight is 422 g/mol. The number of rotatable bonds is 11. The van der Waals surface area contributed by atoms with Gasteiger partial charge in [0.2, 0.25) is 10.0 Å².